The first-order valence-corrected chi connectivity index (χ1v) is 7.82. The number of methoxy groups -OCH3 is 1. The van der Waals surface area contributed by atoms with Gasteiger partial charge in [-0.15, -0.1) is 0 Å². The third-order valence-electron chi connectivity index (χ3n) is 3.62. The van der Waals surface area contributed by atoms with E-state index in [0.29, 0.717) is 17.3 Å². The zero-order valence-electron chi connectivity index (χ0n) is 13.3. The molecule has 0 aliphatic carbocycles. The second-order valence-electron chi connectivity index (χ2n) is 5.09. The summed E-state index contributed by atoms with van der Waals surface area (Å²) >= 11 is 5.97. The van der Waals surface area contributed by atoms with E-state index in [9.17, 15) is 5.11 Å². The second-order valence-corrected chi connectivity index (χ2v) is 5.50. The molecule has 0 saturated carbocycles. The number of anilines is 1. The molecule has 0 atom stereocenters. The number of aryl methyl sites for hydroxylation is 1. The Morgan fingerprint density at radius 2 is 2.17 bits per heavy atom. The summed E-state index contributed by atoms with van der Waals surface area (Å²) in [7, 11) is 1.47. The maximum absolute atomic E-state index is 9.74. The molecular formula is C17H17ClN4O2. The fourth-order valence-electron chi connectivity index (χ4n) is 2.47. The first-order valence-electron chi connectivity index (χ1n) is 7.45. The topological polar surface area (TPSA) is 71.7 Å². The van der Waals surface area contributed by atoms with E-state index in [1.54, 1.807) is 18.3 Å². The van der Waals surface area contributed by atoms with Gasteiger partial charge in [-0.25, -0.2) is 10.4 Å². The van der Waals surface area contributed by atoms with Crippen LogP contribution < -0.4 is 10.2 Å². The van der Waals surface area contributed by atoms with Crippen molar-refractivity contribution in [3.8, 4) is 11.5 Å². The molecule has 0 saturated heterocycles. The van der Waals surface area contributed by atoms with E-state index in [-0.39, 0.29) is 10.8 Å². The Labute approximate surface area is 144 Å². The second kappa shape index (κ2) is 6.80. The van der Waals surface area contributed by atoms with Gasteiger partial charge < -0.3 is 14.4 Å². The number of phenols is 1. The number of fused-ring (bicyclic) bond motifs is 1. The normalized spacial score (nSPS) is 11.3. The van der Waals surface area contributed by atoms with E-state index in [2.05, 4.69) is 15.5 Å². The number of halogens is 1. The third kappa shape index (κ3) is 3.00. The number of nitrogens with zero attached hydrogens (tertiary/aromatic N) is 3. The molecule has 24 heavy (non-hydrogen) atoms. The number of ether oxygens (including phenoxy) is 1. The summed E-state index contributed by atoms with van der Waals surface area (Å²) in [6.45, 7) is 2.82. The molecule has 2 N–H and O–H groups in total. The summed E-state index contributed by atoms with van der Waals surface area (Å²) in [6.07, 6.45) is 1.59. The highest BCUT2D eigenvalue weighted by atomic mass is 35.5. The van der Waals surface area contributed by atoms with Crippen LogP contribution in [0.4, 0.5) is 5.95 Å². The highest BCUT2D eigenvalue weighted by Gasteiger charge is 2.09. The van der Waals surface area contributed by atoms with E-state index in [0.717, 1.165) is 17.6 Å². The monoisotopic (exact) mass is 344 g/mol. The molecule has 1 heterocycles. The number of nitrogens with one attached hydrogen (secondary N) is 1. The lowest BCUT2D eigenvalue weighted by Crippen LogP contribution is -2.02. The Kier molecular flexibility index (Phi) is 4.57. The molecule has 7 heteroatoms. The van der Waals surface area contributed by atoms with Crippen LogP contribution in [0.2, 0.25) is 5.02 Å². The van der Waals surface area contributed by atoms with Crippen molar-refractivity contribution in [2.75, 3.05) is 12.5 Å². The van der Waals surface area contributed by atoms with Gasteiger partial charge in [0.25, 0.3) is 0 Å². The molecule has 124 valence electrons. The van der Waals surface area contributed by atoms with E-state index >= 15 is 0 Å². The van der Waals surface area contributed by atoms with Crippen LogP contribution in [0.15, 0.2) is 41.5 Å². The lowest BCUT2D eigenvalue weighted by molar-refractivity contribution is 0.373. The molecular weight excluding hydrogens is 328 g/mol. The van der Waals surface area contributed by atoms with Crippen LogP contribution in [-0.4, -0.2) is 28.0 Å². The Bertz CT molecular complexity index is 905. The number of aromatic nitrogens is 2. The van der Waals surface area contributed by atoms with Gasteiger partial charge in [0, 0.05) is 6.54 Å². The van der Waals surface area contributed by atoms with Gasteiger partial charge in [0.15, 0.2) is 11.5 Å². The van der Waals surface area contributed by atoms with Crippen molar-refractivity contribution in [3.63, 3.8) is 0 Å². The molecule has 0 fully saturated rings. The maximum atomic E-state index is 9.74. The molecule has 0 bridgehead atoms. The van der Waals surface area contributed by atoms with Gasteiger partial charge in [0.1, 0.15) is 0 Å². The molecule has 0 aliphatic heterocycles. The molecule has 0 radical (unpaired) electrons. The number of rotatable bonds is 5. The Morgan fingerprint density at radius 1 is 1.38 bits per heavy atom. The van der Waals surface area contributed by atoms with Crippen molar-refractivity contribution in [2.24, 2.45) is 5.10 Å². The zero-order chi connectivity index (χ0) is 17.1. The van der Waals surface area contributed by atoms with E-state index in [1.165, 1.54) is 7.11 Å². The van der Waals surface area contributed by atoms with Crippen LogP contribution >= 0.6 is 11.6 Å². The molecule has 3 rings (SSSR count). The zero-order valence-corrected chi connectivity index (χ0v) is 14.1. The fraction of sp³-hybridized carbons (Fsp3) is 0.176. The van der Waals surface area contributed by atoms with Crippen molar-refractivity contribution in [3.05, 3.63) is 47.0 Å². The summed E-state index contributed by atoms with van der Waals surface area (Å²) < 4.78 is 7.11. The van der Waals surface area contributed by atoms with E-state index in [1.807, 2.05) is 35.8 Å². The van der Waals surface area contributed by atoms with Crippen LogP contribution in [0, 0.1) is 0 Å². The summed E-state index contributed by atoms with van der Waals surface area (Å²) in [5.74, 6) is 0.869. The van der Waals surface area contributed by atoms with Gasteiger partial charge >= 0.3 is 0 Å². The molecule has 0 spiro atoms. The number of para-hydroxylation sites is 2. The molecule has 0 aliphatic rings. The number of hydrogen-bond acceptors (Lipinski definition) is 5. The number of aromatic hydroxyl groups is 1. The Morgan fingerprint density at radius 3 is 2.92 bits per heavy atom. The molecule has 0 unspecified atom stereocenters. The molecule has 0 amide bonds. The van der Waals surface area contributed by atoms with E-state index in [4.69, 9.17) is 16.3 Å². The Balaban J connectivity index is 1.86. The number of imidazole rings is 1. The standard InChI is InChI=1S/C17H17ClN4O2/c1-3-22-14-7-5-4-6-13(14)20-17(22)21-19-10-11-8-12(18)16(23)15(9-11)24-2/h4-10,23H,3H2,1-2H3,(H,20,21)/b19-10-. The summed E-state index contributed by atoms with van der Waals surface area (Å²) in [5, 5.41) is 14.2. The third-order valence-corrected chi connectivity index (χ3v) is 3.91. The average molecular weight is 345 g/mol. The molecule has 3 aromatic rings. The predicted molar refractivity (Wildman–Crippen MR) is 96.3 cm³/mol. The van der Waals surface area contributed by atoms with Gasteiger partial charge in [0.2, 0.25) is 5.95 Å². The Hall–Kier alpha value is -2.73. The predicted octanol–water partition coefficient (Wildman–Crippen LogP) is 3.87. The highest BCUT2D eigenvalue weighted by Crippen LogP contribution is 2.34. The van der Waals surface area contributed by atoms with Crippen LogP contribution in [0.3, 0.4) is 0 Å². The SMILES string of the molecule is CCn1c(N/N=C\c2cc(Cl)c(O)c(OC)c2)nc2ccccc21. The maximum Gasteiger partial charge on any atom is 0.224 e. The first kappa shape index (κ1) is 16.1. The van der Waals surface area contributed by atoms with Crippen LogP contribution in [0.1, 0.15) is 12.5 Å². The lowest BCUT2D eigenvalue weighted by Gasteiger charge is -2.06. The largest absolute Gasteiger partial charge is 0.503 e. The highest BCUT2D eigenvalue weighted by molar-refractivity contribution is 6.32. The van der Waals surface area contributed by atoms with Crippen molar-refractivity contribution < 1.29 is 9.84 Å². The lowest BCUT2D eigenvalue weighted by atomic mass is 10.2. The minimum atomic E-state index is -0.0861. The average Bonchev–Trinajstić information content (AvgIpc) is 2.95. The van der Waals surface area contributed by atoms with Gasteiger partial charge in [-0.3, -0.25) is 0 Å². The van der Waals surface area contributed by atoms with Crippen LogP contribution in [-0.2, 0) is 6.54 Å². The van der Waals surface area contributed by atoms with Crippen molar-refractivity contribution >= 4 is 34.8 Å². The molecule has 1 aromatic heterocycles. The minimum Gasteiger partial charge on any atom is -0.503 e. The molecule has 6 nitrogen and oxygen atoms in total. The summed E-state index contributed by atoms with van der Waals surface area (Å²) in [6, 6.07) is 11.2. The van der Waals surface area contributed by atoms with Crippen LogP contribution in [0.25, 0.3) is 11.0 Å². The van der Waals surface area contributed by atoms with Crippen molar-refractivity contribution in [2.45, 2.75) is 13.5 Å². The van der Waals surface area contributed by atoms with Gasteiger partial charge in [-0.05, 0) is 36.8 Å². The van der Waals surface area contributed by atoms with Gasteiger partial charge in [0.05, 0.1) is 29.4 Å². The van der Waals surface area contributed by atoms with Gasteiger partial charge in [-0.2, -0.15) is 5.10 Å². The number of benzene rings is 2. The minimum absolute atomic E-state index is 0.0861. The van der Waals surface area contributed by atoms with Crippen molar-refractivity contribution in [1.29, 1.82) is 0 Å². The quantitative estimate of drug-likeness (QED) is 0.544. The van der Waals surface area contributed by atoms with Gasteiger partial charge in [-0.1, -0.05) is 23.7 Å². The smallest absolute Gasteiger partial charge is 0.224 e. The number of hydrogen-bond donors (Lipinski definition) is 2. The number of hydrazone groups is 1. The van der Waals surface area contributed by atoms with Crippen LogP contribution in [0.5, 0.6) is 11.5 Å². The van der Waals surface area contributed by atoms with E-state index < -0.39 is 0 Å². The molecule has 2 aromatic carbocycles. The number of phenolic OH excluding ortho intramolecular Hbond substituents is 1. The van der Waals surface area contributed by atoms with Crippen molar-refractivity contribution in [1.82, 2.24) is 9.55 Å². The fourth-order valence-corrected chi connectivity index (χ4v) is 2.69. The summed E-state index contributed by atoms with van der Waals surface area (Å²) in [4.78, 5) is 4.53. The summed E-state index contributed by atoms with van der Waals surface area (Å²) in [5.41, 5.74) is 5.60. The first-order chi connectivity index (χ1) is 11.6.